The minimum Gasteiger partial charge on any atom is -0.309 e. The van der Waals surface area contributed by atoms with Crippen LogP contribution in [0.25, 0.3) is 53.6 Å². The number of hydrogen-bond acceptors (Lipinski definition) is 2. The van der Waals surface area contributed by atoms with E-state index in [-0.39, 0.29) is 0 Å². The predicted octanol–water partition coefficient (Wildman–Crippen LogP) is 13.5. The van der Waals surface area contributed by atoms with Gasteiger partial charge in [-0.15, -0.1) is 11.3 Å². The standard InChI is InChI=1S/C49H31NS/c1-3-16-32(17-4-1)34-20-9-13-27-43(34)50(33-18-5-2-6-19-33)44-28-15-26-41-46(44)37-22-7-11-24-39(37)49(41)40-25-12-8-23-38(40)47-42(49)31-30-36-35-21-10-14-29-45(35)51-48(36)47/h1-31H. The molecule has 0 saturated heterocycles. The molecule has 0 radical (unpaired) electrons. The minimum absolute atomic E-state index is 0.445. The second-order valence-electron chi connectivity index (χ2n) is 13.6. The van der Waals surface area contributed by atoms with E-state index in [1.54, 1.807) is 0 Å². The Kier molecular flexibility index (Phi) is 6.11. The Balaban J connectivity index is 1.25. The largest absolute Gasteiger partial charge is 0.309 e. The van der Waals surface area contributed by atoms with E-state index in [4.69, 9.17) is 0 Å². The first kappa shape index (κ1) is 28.6. The molecule has 2 aliphatic rings. The number of benzene rings is 8. The lowest BCUT2D eigenvalue weighted by Gasteiger charge is -2.32. The van der Waals surface area contributed by atoms with Crippen molar-refractivity contribution in [1.82, 2.24) is 0 Å². The van der Waals surface area contributed by atoms with Crippen LogP contribution in [-0.4, -0.2) is 0 Å². The van der Waals surface area contributed by atoms with Crippen molar-refractivity contribution < 1.29 is 0 Å². The monoisotopic (exact) mass is 665 g/mol. The summed E-state index contributed by atoms with van der Waals surface area (Å²) in [6.07, 6.45) is 0. The van der Waals surface area contributed by atoms with Crippen molar-refractivity contribution in [1.29, 1.82) is 0 Å². The van der Waals surface area contributed by atoms with Gasteiger partial charge in [-0.05, 0) is 69.3 Å². The van der Waals surface area contributed by atoms with E-state index < -0.39 is 5.41 Å². The lowest BCUT2D eigenvalue weighted by Crippen LogP contribution is -2.26. The van der Waals surface area contributed by atoms with Crippen molar-refractivity contribution in [3.8, 4) is 33.4 Å². The van der Waals surface area contributed by atoms with E-state index in [0.29, 0.717) is 0 Å². The summed E-state index contributed by atoms with van der Waals surface area (Å²) in [5.74, 6) is 0. The molecule has 2 heteroatoms. The average molecular weight is 666 g/mol. The zero-order valence-electron chi connectivity index (χ0n) is 27.8. The van der Waals surface area contributed by atoms with Crippen LogP contribution in [0.15, 0.2) is 188 Å². The number of hydrogen-bond donors (Lipinski definition) is 0. The number of fused-ring (bicyclic) bond motifs is 14. The smallest absolute Gasteiger partial charge is 0.0726 e. The summed E-state index contributed by atoms with van der Waals surface area (Å²) in [7, 11) is 0. The summed E-state index contributed by atoms with van der Waals surface area (Å²) >= 11 is 1.93. The maximum Gasteiger partial charge on any atom is 0.0726 e. The van der Waals surface area contributed by atoms with Gasteiger partial charge in [0.05, 0.1) is 16.8 Å². The van der Waals surface area contributed by atoms with Crippen molar-refractivity contribution in [2.24, 2.45) is 0 Å². The van der Waals surface area contributed by atoms with Crippen LogP contribution in [-0.2, 0) is 5.41 Å². The van der Waals surface area contributed by atoms with Gasteiger partial charge in [-0.1, -0.05) is 158 Å². The molecule has 51 heavy (non-hydrogen) atoms. The van der Waals surface area contributed by atoms with Crippen LogP contribution in [0.3, 0.4) is 0 Å². The first-order valence-corrected chi connectivity index (χ1v) is 18.4. The molecule has 0 aliphatic heterocycles. The van der Waals surface area contributed by atoms with Gasteiger partial charge in [0.2, 0.25) is 0 Å². The fourth-order valence-corrected chi connectivity index (χ4v) is 10.4. The molecule has 11 rings (SSSR count). The van der Waals surface area contributed by atoms with E-state index in [0.717, 1.165) is 11.4 Å². The summed E-state index contributed by atoms with van der Waals surface area (Å²) < 4.78 is 2.72. The summed E-state index contributed by atoms with van der Waals surface area (Å²) in [5.41, 5.74) is 16.2. The first-order chi connectivity index (χ1) is 25.3. The summed E-state index contributed by atoms with van der Waals surface area (Å²) in [6, 6.07) is 69.5. The molecule has 0 bridgehead atoms. The number of thiophene rings is 1. The molecule has 1 atom stereocenters. The SMILES string of the molecule is c1ccc(-c2ccccc2N(c2ccccc2)c2cccc3c2-c2ccccc2C32c3ccccc3-c3c2ccc2c3sc3ccccc32)cc1. The molecule has 9 aromatic rings. The van der Waals surface area contributed by atoms with Crippen molar-refractivity contribution in [2.45, 2.75) is 5.41 Å². The van der Waals surface area contributed by atoms with Gasteiger partial charge in [0.25, 0.3) is 0 Å². The Labute approximate surface area is 301 Å². The van der Waals surface area contributed by atoms with Gasteiger partial charge in [-0.25, -0.2) is 0 Å². The molecular formula is C49H31NS. The number of nitrogens with zero attached hydrogens (tertiary/aromatic N) is 1. The van der Waals surface area contributed by atoms with Crippen LogP contribution in [0, 0.1) is 0 Å². The highest BCUT2D eigenvalue weighted by molar-refractivity contribution is 7.26. The minimum atomic E-state index is -0.445. The molecule has 8 aromatic carbocycles. The first-order valence-electron chi connectivity index (χ1n) is 17.6. The number of para-hydroxylation sites is 2. The zero-order chi connectivity index (χ0) is 33.5. The molecule has 2 aliphatic carbocycles. The Hall–Kier alpha value is -6.22. The molecule has 1 nitrogen and oxygen atoms in total. The summed E-state index contributed by atoms with van der Waals surface area (Å²) in [5, 5.41) is 2.68. The molecule has 0 amide bonds. The molecule has 1 spiro atoms. The summed E-state index contributed by atoms with van der Waals surface area (Å²) in [4.78, 5) is 2.48. The van der Waals surface area contributed by atoms with Gasteiger partial charge >= 0.3 is 0 Å². The third-order valence-electron chi connectivity index (χ3n) is 11.1. The van der Waals surface area contributed by atoms with Gasteiger partial charge < -0.3 is 4.90 Å². The Bertz CT molecular complexity index is 2810. The topological polar surface area (TPSA) is 3.24 Å². The molecule has 0 fully saturated rings. The predicted molar refractivity (Wildman–Crippen MR) is 216 cm³/mol. The van der Waals surface area contributed by atoms with Gasteiger partial charge in [0, 0.05) is 42.6 Å². The van der Waals surface area contributed by atoms with E-state index in [1.807, 2.05) is 11.3 Å². The second kappa shape index (κ2) is 10.9. The zero-order valence-corrected chi connectivity index (χ0v) is 28.6. The average Bonchev–Trinajstić information content (AvgIpc) is 3.83. The highest BCUT2D eigenvalue weighted by Crippen LogP contribution is 2.66. The molecule has 1 heterocycles. The Morgan fingerprint density at radius 1 is 0.373 bits per heavy atom. The van der Waals surface area contributed by atoms with Crippen molar-refractivity contribution in [2.75, 3.05) is 4.90 Å². The van der Waals surface area contributed by atoms with Crippen molar-refractivity contribution in [3.63, 3.8) is 0 Å². The number of anilines is 3. The van der Waals surface area contributed by atoms with Crippen LogP contribution in [0.4, 0.5) is 17.1 Å². The Morgan fingerprint density at radius 2 is 0.941 bits per heavy atom. The third-order valence-corrected chi connectivity index (χ3v) is 12.3. The lowest BCUT2D eigenvalue weighted by atomic mass is 9.70. The van der Waals surface area contributed by atoms with Gasteiger partial charge in [0.1, 0.15) is 0 Å². The van der Waals surface area contributed by atoms with E-state index in [2.05, 4.69) is 193 Å². The van der Waals surface area contributed by atoms with Crippen molar-refractivity contribution in [3.05, 3.63) is 210 Å². The van der Waals surface area contributed by atoms with Crippen LogP contribution in [0.1, 0.15) is 22.3 Å². The van der Waals surface area contributed by atoms with E-state index in [9.17, 15) is 0 Å². The molecule has 1 aromatic heterocycles. The second-order valence-corrected chi connectivity index (χ2v) is 14.6. The molecule has 238 valence electrons. The summed E-state index contributed by atoms with van der Waals surface area (Å²) in [6.45, 7) is 0. The number of rotatable bonds is 4. The fourth-order valence-electron chi connectivity index (χ4n) is 9.13. The third kappa shape index (κ3) is 3.86. The Morgan fingerprint density at radius 3 is 1.73 bits per heavy atom. The molecule has 0 N–H and O–H groups in total. The van der Waals surface area contributed by atoms with Gasteiger partial charge in [-0.2, -0.15) is 0 Å². The quantitative estimate of drug-likeness (QED) is 0.181. The van der Waals surface area contributed by atoms with E-state index in [1.165, 1.54) is 81.5 Å². The van der Waals surface area contributed by atoms with Crippen LogP contribution in [0.2, 0.25) is 0 Å². The highest BCUT2D eigenvalue weighted by Gasteiger charge is 2.53. The fraction of sp³-hybridized carbons (Fsp3) is 0.0204. The van der Waals surface area contributed by atoms with Crippen molar-refractivity contribution >= 4 is 48.6 Å². The van der Waals surface area contributed by atoms with E-state index >= 15 is 0 Å². The van der Waals surface area contributed by atoms with Crippen LogP contribution < -0.4 is 4.90 Å². The maximum atomic E-state index is 2.48. The molecule has 0 saturated carbocycles. The van der Waals surface area contributed by atoms with Crippen LogP contribution in [0.5, 0.6) is 0 Å². The highest BCUT2D eigenvalue weighted by atomic mass is 32.1. The lowest BCUT2D eigenvalue weighted by molar-refractivity contribution is 0.794. The molecular weight excluding hydrogens is 635 g/mol. The molecule has 1 unspecified atom stereocenters. The maximum absolute atomic E-state index is 2.48. The normalized spacial score (nSPS) is 15.1. The van der Waals surface area contributed by atoms with Gasteiger partial charge in [0.15, 0.2) is 0 Å². The van der Waals surface area contributed by atoms with Gasteiger partial charge in [-0.3, -0.25) is 0 Å². The van der Waals surface area contributed by atoms with Crippen LogP contribution >= 0.6 is 11.3 Å².